The Hall–Kier alpha value is -0.880. The van der Waals surface area contributed by atoms with Gasteiger partial charge in [-0.15, -0.1) is 0 Å². The molecule has 2 aliphatic rings. The third kappa shape index (κ3) is 3.23. The van der Waals surface area contributed by atoms with E-state index >= 15 is 0 Å². The van der Waals surface area contributed by atoms with Gasteiger partial charge in [-0.2, -0.15) is 0 Å². The Labute approximate surface area is 120 Å². The van der Waals surface area contributed by atoms with Gasteiger partial charge in [-0.1, -0.05) is 0 Å². The van der Waals surface area contributed by atoms with E-state index in [1.54, 1.807) is 20.5 Å². The molecule has 20 heavy (non-hydrogen) atoms. The molecule has 1 N–H and O–H groups in total. The molecule has 1 saturated carbocycles. The molecule has 0 radical (unpaired) electrons. The summed E-state index contributed by atoms with van der Waals surface area (Å²) in [5.74, 6) is 1.06. The van der Waals surface area contributed by atoms with Crippen LogP contribution in [0.3, 0.4) is 0 Å². The van der Waals surface area contributed by atoms with Gasteiger partial charge in [0.2, 0.25) is 0 Å². The van der Waals surface area contributed by atoms with Gasteiger partial charge in [0.15, 0.2) is 0 Å². The molecular weight excluding hydrogens is 256 g/mol. The lowest BCUT2D eigenvalue weighted by Crippen LogP contribution is -2.27. The zero-order chi connectivity index (χ0) is 13.9. The summed E-state index contributed by atoms with van der Waals surface area (Å²) < 4.78 is 16.6. The predicted octanol–water partition coefficient (Wildman–Crippen LogP) is 1.38. The van der Waals surface area contributed by atoms with Crippen molar-refractivity contribution in [3.63, 3.8) is 0 Å². The first-order chi connectivity index (χ1) is 9.80. The number of nitrogens with one attached hydrogen (secondary N) is 1. The van der Waals surface area contributed by atoms with Crippen molar-refractivity contribution >= 4 is 0 Å². The summed E-state index contributed by atoms with van der Waals surface area (Å²) in [6, 6.07) is 2.78. The van der Waals surface area contributed by atoms with Crippen molar-refractivity contribution in [3.05, 3.63) is 23.7 Å². The van der Waals surface area contributed by atoms with Crippen molar-refractivity contribution in [2.24, 2.45) is 0 Å². The molecule has 1 aromatic heterocycles. The summed E-state index contributed by atoms with van der Waals surface area (Å²) in [7, 11) is 3.51. The van der Waals surface area contributed by atoms with Gasteiger partial charge in [0.05, 0.1) is 25.0 Å². The van der Waals surface area contributed by atoms with Crippen LogP contribution >= 0.6 is 0 Å². The maximum absolute atomic E-state index is 5.61. The van der Waals surface area contributed by atoms with Crippen molar-refractivity contribution < 1.29 is 13.9 Å². The number of hydrogen-bond donors (Lipinski definition) is 1. The minimum absolute atomic E-state index is 0.167. The van der Waals surface area contributed by atoms with E-state index in [1.165, 1.54) is 18.4 Å². The first-order valence-electron chi connectivity index (χ1n) is 7.36. The summed E-state index contributed by atoms with van der Waals surface area (Å²) in [6.07, 6.45) is 4.72. The zero-order valence-electron chi connectivity index (χ0n) is 12.3. The smallest absolute Gasteiger partial charge is 0.122 e. The van der Waals surface area contributed by atoms with Crippen LogP contribution in [-0.2, 0) is 22.6 Å². The highest BCUT2D eigenvalue weighted by Crippen LogP contribution is 2.22. The van der Waals surface area contributed by atoms with Gasteiger partial charge in [0.25, 0.3) is 0 Å². The standard InChI is InChI=1S/C15H24N2O3/c1-18-14-9-17(10-15(14)19-2)8-11-5-6-20-13(11)7-16-12-3-4-12/h5-6,12,14-16H,3-4,7-10H2,1-2H3. The Morgan fingerprint density at radius 2 is 1.95 bits per heavy atom. The van der Waals surface area contributed by atoms with Crippen LogP contribution in [0.4, 0.5) is 0 Å². The van der Waals surface area contributed by atoms with Crippen LogP contribution in [0, 0.1) is 0 Å². The average molecular weight is 280 g/mol. The number of ether oxygens (including phenoxy) is 2. The summed E-state index contributed by atoms with van der Waals surface area (Å²) >= 11 is 0. The van der Waals surface area contributed by atoms with E-state index in [1.807, 2.05) is 0 Å². The molecule has 1 aliphatic heterocycles. The van der Waals surface area contributed by atoms with Gasteiger partial charge in [0.1, 0.15) is 5.76 Å². The van der Waals surface area contributed by atoms with Crippen LogP contribution in [0.2, 0.25) is 0 Å². The van der Waals surface area contributed by atoms with Crippen LogP contribution in [0.1, 0.15) is 24.2 Å². The fraction of sp³-hybridized carbons (Fsp3) is 0.733. The number of rotatable bonds is 7. The summed E-state index contributed by atoms with van der Waals surface area (Å²) in [6.45, 7) is 3.56. The molecule has 2 heterocycles. The maximum Gasteiger partial charge on any atom is 0.122 e. The van der Waals surface area contributed by atoms with Crippen molar-refractivity contribution in [2.45, 2.75) is 44.2 Å². The Balaban J connectivity index is 1.56. The summed E-state index contributed by atoms with van der Waals surface area (Å²) in [4.78, 5) is 2.37. The largest absolute Gasteiger partial charge is 0.468 e. The minimum Gasteiger partial charge on any atom is -0.468 e. The molecule has 0 amide bonds. The molecular formula is C15H24N2O3. The topological polar surface area (TPSA) is 46.9 Å². The van der Waals surface area contributed by atoms with Crippen LogP contribution in [-0.4, -0.2) is 50.5 Å². The highest BCUT2D eigenvalue weighted by Gasteiger charge is 2.33. The second-order valence-corrected chi connectivity index (χ2v) is 5.77. The molecule has 3 rings (SSSR count). The second-order valence-electron chi connectivity index (χ2n) is 5.77. The van der Waals surface area contributed by atoms with Gasteiger partial charge in [-0.05, 0) is 18.9 Å². The predicted molar refractivity (Wildman–Crippen MR) is 75.4 cm³/mol. The van der Waals surface area contributed by atoms with Crippen molar-refractivity contribution in [2.75, 3.05) is 27.3 Å². The lowest BCUT2D eigenvalue weighted by Gasteiger charge is -2.15. The molecule has 5 nitrogen and oxygen atoms in total. The monoisotopic (exact) mass is 280 g/mol. The van der Waals surface area contributed by atoms with E-state index < -0.39 is 0 Å². The summed E-state index contributed by atoms with van der Waals surface area (Å²) in [5.41, 5.74) is 1.27. The quantitative estimate of drug-likeness (QED) is 0.817. The average Bonchev–Trinajstić information content (AvgIpc) is 3.05. The number of furan rings is 1. The molecule has 5 heteroatoms. The van der Waals surface area contributed by atoms with Crippen LogP contribution in [0.25, 0.3) is 0 Å². The van der Waals surface area contributed by atoms with Gasteiger partial charge < -0.3 is 19.2 Å². The molecule has 2 fully saturated rings. The Kier molecular flexibility index (Phi) is 4.41. The van der Waals surface area contributed by atoms with E-state index in [9.17, 15) is 0 Å². The van der Waals surface area contributed by atoms with Gasteiger partial charge in [-0.3, -0.25) is 4.90 Å². The SMILES string of the molecule is COC1CN(Cc2ccoc2CNC2CC2)CC1OC. The van der Waals surface area contributed by atoms with Crippen molar-refractivity contribution in [3.8, 4) is 0 Å². The first-order valence-corrected chi connectivity index (χ1v) is 7.36. The fourth-order valence-corrected chi connectivity index (χ4v) is 2.83. The van der Waals surface area contributed by atoms with Crippen LogP contribution in [0.5, 0.6) is 0 Å². The number of hydrogen-bond acceptors (Lipinski definition) is 5. The number of likely N-dealkylation sites (tertiary alicyclic amines) is 1. The minimum atomic E-state index is 0.167. The van der Waals surface area contributed by atoms with E-state index in [0.29, 0.717) is 6.04 Å². The molecule has 112 valence electrons. The second kappa shape index (κ2) is 6.26. The van der Waals surface area contributed by atoms with Gasteiger partial charge in [-0.25, -0.2) is 0 Å². The Bertz CT molecular complexity index is 419. The van der Waals surface area contributed by atoms with E-state index in [2.05, 4.69) is 16.3 Å². The molecule has 0 spiro atoms. The number of methoxy groups -OCH3 is 2. The molecule has 2 atom stereocenters. The Morgan fingerprint density at radius 3 is 2.55 bits per heavy atom. The molecule has 1 aliphatic carbocycles. The highest BCUT2D eigenvalue weighted by molar-refractivity contribution is 5.17. The summed E-state index contributed by atoms with van der Waals surface area (Å²) in [5, 5.41) is 3.50. The van der Waals surface area contributed by atoms with E-state index in [0.717, 1.165) is 31.9 Å². The Morgan fingerprint density at radius 1 is 1.25 bits per heavy atom. The lowest BCUT2D eigenvalue weighted by atomic mass is 10.2. The van der Waals surface area contributed by atoms with E-state index in [-0.39, 0.29) is 12.2 Å². The lowest BCUT2D eigenvalue weighted by molar-refractivity contribution is -0.00461. The van der Waals surface area contributed by atoms with Crippen LogP contribution < -0.4 is 5.32 Å². The molecule has 0 bridgehead atoms. The molecule has 0 aromatic carbocycles. The van der Waals surface area contributed by atoms with Gasteiger partial charge in [0, 0.05) is 45.5 Å². The maximum atomic E-state index is 5.61. The van der Waals surface area contributed by atoms with E-state index in [4.69, 9.17) is 13.9 Å². The zero-order valence-corrected chi connectivity index (χ0v) is 12.3. The third-order valence-corrected chi connectivity index (χ3v) is 4.26. The van der Waals surface area contributed by atoms with Crippen molar-refractivity contribution in [1.82, 2.24) is 10.2 Å². The normalized spacial score (nSPS) is 27.3. The molecule has 2 unspecified atom stereocenters. The van der Waals surface area contributed by atoms with Gasteiger partial charge >= 0.3 is 0 Å². The third-order valence-electron chi connectivity index (χ3n) is 4.26. The number of nitrogens with zero attached hydrogens (tertiary/aromatic N) is 1. The van der Waals surface area contributed by atoms with Crippen molar-refractivity contribution in [1.29, 1.82) is 0 Å². The molecule has 1 saturated heterocycles. The highest BCUT2D eigenvalue weighted by atomic mass is 16.5. The molecule has 1 aromatic rings. The van der Waals surface area contributed by atoms with Crippen LogP contribution in [0.15, 0.2) is 16.7 Å². The fourth-order valence-electron chi connectivity index (χ4n) is 2.83. The first kappa shape index (κ1) is 14.1.